The Balaban J connectivity index is 1.72. The molecule has 0 aliphatic carbocycles. The summed E-state index contributed by atoms with van der Waals surface area (Å²) in [4.78, 5) is 12.6. The second-order valence-corrected chi connectivity index (χ2v) is 8.34. The predicted octanol–water partition coefficient (Wildman–Crippen LogP) is 6.84. The van der Waals surface area contributed by atoms with E-state index < -0.39 is 5.91 Å². The van der Waals surface area contributed by atoms with Crippen LogP contribution in [-0.4, -0.2) is 5.91 Å². The molecular formula is C25H20BrClN2O2. The summed E-state index contributed by atoms with van der Waals surface area (Å²) in [5.74, 6) is 0.180. The van der Waals surface area contributed by atoms with Crippen LogP contribution < -0.4 is 10.1 Å². The molecule has 0 spiro atoms. The minimum Gasteiger partial charge on any atom is -0.488 e. The summed E-state index contributed by atoms with van der Waals surface area (Å²) < 4.78 is 6.61. The van der Waals surface area contributed by atoms with E-state index in [0.717, 1.165) is 15.6 Å². The lowest BCUT2D eigenvalue weighted by Gasteiger charge is -2.10. The van der Waals surface area contributed by atoms with Crippen molar-refractivity contribution in [3.05, 3.63) is 98.0 Å². The normalized spacial score (nSPS) is 11.0. The number of nitriles is 1. The molecule has 0 unspecified atom stereocenters. The van der Waals surface area contributed by atoms with Crippen molar-refractivity contribution >= 4 is 45.2 Å². The lowest BCUT2D eigenvalue weighted by molar-refractivity contribution is -0.112. The largest absolute Gasteiger partial charge is 0.488 e. The highest BCUT2D eigenvalue weighted by atomic mass is 79.9. The Morgan fingerprint density at radius 3 is 2.55 bits per heavy atom. The van der Waals surface area contributed by atoms with Gasteiger partial charge in [0, 0.05) is 10.7 Å². The molecule has 3 rings (SSSR count). The van der Waals surface area contributed by atoms with Gasteiger partial charge in [-0.2, -0.15) is 5.26 Å². The van der Waals surface area contributed by atoms with Crippen molar-refractivity contribution in [2.45, 2.75) is 20.5 Å². The van der Waals surface area contributed by atoms with Crippen LogP contribution in [0.1, 0.15) is 22.3 Å². The molecule has 3 aromatic carbocycles. The van der Waals surface area contributed by atoms with Gasteiger partial charge < -0.3 is 10.1 Å². The van der Waals surface area contributed by atoms with Crippen LogP contribution in [0.2, 0.25) is 5.02 Å². The molecular weight excluding hydrogens is 476 g/mol. The van der Waals surface area contributed by atoms with Gasteiger partial charge in [0.05, 0.1) is 4.47 Å². The van der Waals surface area contributed by atoms with E-state index in [1.54, 1.807) is 36.4 Å². The topological polar surface area (TPSA) is 62.1 Å². The van der Waals surface area contributed by atoms with Crippen molar-refractivity contribution in [3.63, 3.8) is 0 Å². The van der Waals surface area contributed by atoms with Crippen LogP contribution in [0.3, 0.4) is 0 Å². The molecule has 1 N–H and O–H groups in total. The molecule has 0 saturated heterocycles. The Morgan fingerprint density at radius 1 is 1.13 bits per heavy atom. The molecule has 0 saturated carbocycles. The number of anilines is 1. The van der Waals surface area contributed by atoms with Crippen molar-refractivity contribution in [1.29, 1.82) is 5.26 Å². The first-order valence-electron chi connectivity index (χ1n) is 9.53. The lowest BCUT2D eigenvalue weighted by Crippen LogP contribution is -2.14. The molecule has 156 valence electrons. The van der Waals surface area contributed by atoms with Gasteiger partial charge in [0.2, 0.25) is 0 Å². The minimum atomic E-state index is -0.497. The summed E-state index contributed by atoms with van der Waals surface area (Å²) >= 11 is 9.50. The van der Waals surface area contributed by atoms with E-state index in [-0.39, 0.29) is 5.57 Å². The fourth-order valence-corrected chi connectivity index (χ4v) is 3.49. The number of halogens is 2. The maximum absolute atomic E-state index is 12.6. The maximum atomic E-state index is 12.6. The van der Waals surface area contributed by atoms with E-state index in [4.69, 9.17) is 16.3 Å². The first kappa shape index (κ1) is 22.6. The van der Waals surface area contributed by atoms with E-state index in [0.29, 0.717) is 28.6 Å². The van der Waals surface area contributed by atoms with Gasteiger partial charge in [-0.25, -0.2) is 0 Å². The first-order valence-corrected chi connectivity index (χ1v) is 10.7. The zero-order valence-electron chi connectivity index (χ0n) is 17.1. The average molecular weight is 496 g/mol. The number of aryl methyl sites for hydroxylation is 2. The highest BCUT2D eigenvalue weighted by Crippen LogP contribution is 2.28. The fraction of sp³-hybridized carbons (Fsp3) is 0.120. The maximum Gasteiger partial charge on any atom is 0.266 e. The van der Waals surface area contributed by atoms with Gasteiger partial charge in [-0.1, -0.05) is 53.6 Å². The average Bonchev–Trinajstić information content (AvgIpc) is 2.75. The van der Waals surface area contributed by atoms with Gasteiger partial charge in [0.1, 0.15) is 24.0 Å². The minimum absolute atomic E-state index is 0.0143. The number of nitrogens with one attached hydrogen (secondary N) is 1. The van der Waals surface area contributed by atoms with Gasteiger partial charge in [-0.3, -0.25) is 4.79 Å². The van der Waals surface area contributed by atoms with Crippen LogP contribution in [0.5, 0.6) is 5.75 Å². The van der Waals surface area contributed by atoms with Crippen LogP contribution in [0.25, 0.3) is 6.08 Å². The van der Waals surface area contributed by atoms with Gasteiger partial charge in [0.25, 0.3) is 5.91 Å². The van der Waals surface area contributed by atoms with Crippen LogP contribution in [-0.2, 0) is 11.4 Å². The van der Waals surface area contributed by atoms with E-state index in [1.807, 2.05) is 44.2 Å². The van der Waals surface area contributed by atoms with Gasteiger partial charge in [-0.15, -0.1) is 0 Å². The van der Waals surface area contributed by atoms with Crippen molar-refractivity contribution in [1.82, 2.24) is 0 Å². The van der Waals surface area contributed by atoms with E-state index >= 15 is 0 Å². The third-order valence-corrected chi connectivity index (χ3v) is 5.45. The number of benzene rings is 3. The molecule has 0 bridgehead atoms. The number of ether oxygens (including phenoxy) is 1. The summed E-state index contributed by atoms with van der Waals surface area (Å²) in [6.45, 7) is 4.34. The number of rotatable bonds is 6. The smallest absolute Gasteiger partial charge is 0.266 e. The summed E-state index contributed by atoms with van der Waals surface area (Å²) in [6, 6.07) is 20.7. The van der Waals surface area contributed by atoms with Crippen molar-refractivity contribution < 1.29 is 9.53 Å². The number of hydrogen-bond acceptors (Lipinski definition) is 3. The Hall–Kier alpha value is -3.07. The van der Waals surface area contributed by atoms with E-state index in [9.17, 15) is 10.1 Å². The zero-order valence-corrected chi connectivity index (χ0v) is 19.4. The van der Waals surface area contributed by atoms with E-state index in [1.165, 1.54) is 11.6 Å². The molecule has 0 radical (unpaired) electrons. The second-order valence-electron chi connectivity index (χ2n) is 7.05. The third-order valence-electron chi connectivity index (χ3n) is 4.59. The number of carbonyl (C=O) groups excluding carboxylic acids is 1. The summed E-state index contributed by atoms with van der Waals surface area (Å²) in [6.07, 6.45) is 1.53. The number of carbonyl (C=O) groups is 1. The quantitative estimate of drug-likeness (QED) is 0.301. The molecule has 6 heteroatoms. The Morgan fingerprint density at radius 2 is 1.87 bits per heavy atom. The highest BCUT2D eigenvalue weighted by Gasteiger charge is 2.12. The molecule has 1 amide bonds. The summed E-state index contributed by atoms with van der Waals surface area (Å²) in [7, 11) is 0. The van der Waals surface area contributed by atoms with Gasteiger partial charge in [-0.05, 0) is 76.8 Å². The first-order chi connectivity index (χ1) is 14.9. The SMILES string of the molecule is Cc1ccc(COc2ccc(/C=C(\C#N)C(=O)Nc3cc(Cl)ccc3C)cc2Br)cc1. The molecule has 0 atom stereocenters. The fourth-order valence-electron chi connectivity index (χ4n) is 2.80. The van der Waals surface area contributed by atoms with Crippen LogP contribution in [0, 0.1) is 25.2 Å². The number of amides is 1. The molecule has 31 heavy (non-hydrogen) atoms. The Labute approximate surface area is 195 Å². The Kier molecular flexibility index (Phi) is 7.51. The molecule has 0 aliphatic heterocycles. The lowest BCUT2D eigenvalue weighted by atomic mass is 10.1. The molecule has 0 fully saturated rings. The zero-order chi connectivity index (χ0) is 22.4. The standard InChI is InChI=1S/C25H20BrClN2O2/c1-16-3-6-18(7-4-16)15-31-24-10-8-19(12-22(24)26)11-20(14-28)25(30)29-23-13-21(27)9-5-17(23)2/h3-13H,15H2,1-2H3,(H,29,30)/b20-11+. The highest BCUT2D eigenvalue weighted by molar-refractivity contribution is 9.10. The van der Waals surface area contributed by atoms with Crippen molar-refractivity contribution in [2.75, 3.05) is 5.32 Å². The molecule has 0 aromatic heterocycles. The third kappa shape index (κ3) is 6.21. The van der Waals surface area contributed by atoms with Crippen LogP contribution in [0.4, 0.5) is 5.69 Å². The van der Waals surface area contributed by atoms with Crippen molar-refractivity contribution in [3.8, 4) is 11.8 Å². The second kappa shape index (κ2) is 10.3. The summed E-state index contributed by atoms with van der Waals surface area (Å²) in [5.41, 5.74) is 4.38. The molecule has 3 aromatic rings. The number of nitrogens with zero attached hydrogens (tertiary/aromatic N) is 1. The van der Waals surface area contributed by atoms with Gasteiger partial charge in [0.15, 0.2) is 0 Å². The Bertz CT molecular complexity index is 1180. The predicted molar refractivity (Wildman–Crippen MR) is 128 cm³/mol. The number of hydrogen-bond donors (Lipinski definition) is 1. The van der Waals surface area contributed by atoms with E-state index in [2.05, 4.69) is 21.2 Å². The van der Waals surface area contributed by atoms with Crippen LogP contribution in [0.15, 0.2) is 70.7 Å². The summed E-state index contributed by atoms with van der Waals surface area (Å²) in [5, 5.41) is 12.7. The van der Waals surface area contributed by atoms with Crippen LogP contribution >= 0.6 is 27.5 Å². The molecule has 4 nitrogen and oxygen atoms in total. The van der Waals surface area contributed by atoms with Crippen molar-refractivity contribution in [2.24, 2.45) is 0 Å². The molecule has 0 aliphatic rings. The monoisotopic (exact) mass is 494 g/mol. The molecule has 0 heterocycles. The van der Waals surface area contributed by atoms with Gasteiger partial charge >= 0.3 is 0 Å².